The molecule has 8 heteroatoms. The van der Waals surface area contributed by atoms with E-state index < -0.39 is 4.92 Å². The zero-order valence-corrected chi connectivity index (χ0v) is 16.8. The molecule has 2 atom stereocenters. The van der Waals surface area contributed by atoms with Crippen molar-refractivity contribution in [1.29, 1.82) is 0 Å². The van der Waals surface area contributed by atoms with Gasteiger partial charge in [-0.3, -0.25) is 19.6 Å². The van der Waals surface area contributed by atoms with E-state index in [1.165, 1.54) is 23.6 Å². The zero-order valence-electron chi connectivity index (χ0n) is 16.8. The molecule has 8 nitrogen and oxygen atoms in total. The van der Waals surface area contributed by atoms with Crippen LogP contribution in [0.15, 0.2) is 30.5 Å². The smallest absolute Gasteiger partial charge is 0.350 e. The number of carbonyl (C=O) groups excluding carboxylic acids is 1. The Bertz CT molecular complexity index is 801. The average Bonchev–Trinajstić information content (AvgIpc) is 3.14. The molecular weight excluding hydrogens is 360 g/mol. The standard InChI is InChI=1S/C20H28N4O4/c1-5-14(3)15-7-9-16(10-8-15)17(6-2)21-19(25)11-12-23-13-18(24(26)27)20(22-23)28-4/h7-10,13-14,17H,5-6,11-12H2,1-4H3,(H,21,25). The van der Waals surface area contributed by atoms with E-state index in [4.69, 9.17) is 4.74 Å². The van der Waals surface area contributed by atoms with Crippen molar-refractivity contribution in [2.24, 2.45) is 0 Å². The number of hydrogen-bond donors (Lipinski definition) is 1. The van der Waals surface area contributed by atoms with Crippen LogP contribution in [0.1, 0.15) is 63.1 Å². The quantitative estimate of drug-likeness (QED) is 0.490. The highest BCUT2D eigenvalue weighted by molar-refractivity contribution is 5.76. The normalized spacial score (nSPS) is 13.0. The Labute approximate surface area is 165 Å². The third kappa shape index (κ3) is 5.31. The first-order valence-corrected chi connectivity index (χ1v) is 9.54. The fourth-order valence-corrected chi connectivity index (χ4v) is 2.97. The van der Waals surface area contributed by atoms with E-state index in [9.17, 15) is 14.9 Å². The molecule has 1 aromatic carbocycles. The molecule has 2 rings (SSSR count). The minimum Gasteiger partial charge on any atom is -0.475 e. The van der Waals surface area contributed by atoms with Crippen molar-refractivity contribution in [3.8, 4) is 5.88 Å². The summed E-state index contributed by atoms with van der Waals surface area (Å²) in [5.74, 6) is 0.326. The summed E-state index contributed by atoms with van der Waals surface area (Å²) in [6.07, 6.45) is 3.31. The van der Waals surface area contributed by atoms with Crippen molar-refractivity contribution in [1.82, 2.24) is 15.1 Å². The second kappa shape index (κ2) is 9.87. The summed E-state index contributed by atoms with van der Waals surface area (Å²) >= 11 is 0. The molecule has 0 radical (unpaired) electrons. The van der Waals surface area contributed by atoms with Crippen LogP contribution in [-0.2, 0) is 11.3 Å². The largest absolute Gasteiger partial charge is 0.475 e. The van der Waals surface area contributed by atoms with Gasteiger partial charge in [-0.2, -0.15) is 0 Å². The number of nitro groups is 1. The van der Waals surface area contributed by atoms with E-state index in [2.05, 4.69) is 48.5 Å². The highest BCUT2D eigenvalue weighted by atomic mass is 16.6. The van der Waals surface area contributed by atoms with Crippen LogP contribution in [-0.4, -0.2) is 27.7 Å². The van der Waals surface area contributed by atoms with Crippen LogP contribution in [0.4, 0.5) is 5.69 Å². The molecule has 0 aliphatic heterocycles. The number of benzene rings is 1. The number of aromatic nitrogens is 2. The van der Waals surface area contributed by atoms with Crippen molar-refractivity contribution in [2.45, 2.75) is 58.5 Å². The Morgan fingerprint density at radius 1 is 1.25 bits per heavy atom. The van der Waals surface area contributed by atoms with Gasteiger partial charge in [0.25, 0.3) is 0 Å². The van der Waals surface area contributed by atoms with Gasteiger partial charge < -0.3 is 10.1 Å². The number of ether oxygens (including phenoxy) is 1. The highest BCUT2D eigenvalue weighted by Gasteiger charge is 2.20. The van der Waals surface area contributed by atoms with Crippen LogP contribution >= 0.6 is 0 Å². The molecule has 1 amide bonds. The topological polar surface area (TPSA) is 99.3 Å². The van der Waals surface area contributed by atoms with Crippen molar-refractivity contribution in [2.75, 3.05) is 7.11 Å². The van der Waals surface area contributed by atoms with Crippen molar-refractivity contribution < 1.29 is 14.5 Å². The van der Waals surface area contributed by atoms with Gasteiger partial charge in [-0.05, 0) is 29.9 Å². The number of aryl methyl sites for hydroxylation is 1. The van der Waals surface area contributed by atoms with Gasteiger partial charge in [-0.15, -0.1) is 5.10 Å². The molecule has 0 spiro atoms. The number of methoxy groups -OCH3 is 1. The summed E-state index contributed by atoms with van der Waals surface area (Å²) in [7, 11) is 1.32. The first-order chi connectivity index (χ1) is 13.4. The Morgan fingerprint density at radius 2 is 1.89 bits per heavy atom. The molecular formula is C20H28N4O4. The molecule has 0 saturated heterocycles. The molecule has 0 aliphatic carbocycles. The lowest BCUT2D eigenvalue weighted by Gasteiger charge is -2.19. The maximum Gasteiger partial charge on any atom is 0.350 e. The zero-order chi connectivity index (χ0) is 20.7. The lowest BCUT2D eigenvalue weighted by molar-refractivity contribution is -0.385. The van der Waals surface area contributed by atoms with Gasteiger partial charge in [0.15, 0.2) is 0 Å². The monoisotopic (exact) mass is 388 g/mol. The molecule has 1 heterocycles. The van der Waals surface area contributed by atoms with E-state index >= 15 is 0 Å². The van der Waals surface area contributed by atoms with Crippen molar-refractivity contribution in [3.05, 3.63) is 51.7 Å². The molecule has 0 fully saturated rings. The molecule has 2 aromatic rings. The fraction of sp³-hybridized carbons (Fsp3) is 0.500. The molecule has 2 unspecified atom stereocenters. The number of hydrogen-bond acceptors (Lipinski definition) is 5. The van der Waals surface area contributed by atoms with Crippen molar-refractivity contribution >= 4 is 11.6 Å². The Hall–Kier alpha value is -2.90. The second-order valence-electron chi connectivity index (χ2n) is 6.80. The molecule has 152 valence electrons. The molecule has 1 aromatic heterocycles. The van der Waals surface area contributed by atoms with Gasteiger partial charge in [0.2, 0.25) is 5.91 Å². The number of nitrogens with one attached hydrogen (secondary N) is 1. The maximum atomic E-state index is 12.4. The minimum atomic E-state index is -0.557. The minimum absolute atomic E-state index is 0.0572. The SMILES string of the molecule is CCC(C)c1ccc(C(CC)NC(=O)CCn2cc([N+](=O)[O-])c(OC)n2)cc1. The van der Waals surface area contributed by atoms with E-state index in [1.54, 1.807) is 0 Å². The van der Waals surface area contributed by atoms with Gasteiger partial charge in [-0.1, -0.05) is 45.0 Å². The number of rotatable bonds is 10. The predicted octanol–water partition coefficient (Wildman–Crippen LogP) is 3.97. The van der Waals surface area contributed by atoms with Crippen LogP contribution in [0.2, 0.25) is 0 Å². The van der Waals surface area contributed by atoms with Crippen molar-refractivity contribution in [3.63, 3.8) is 0 Å². The van der Waals surface area contributed by atoms with E-state index in [1.807, 2.05) is 6.92 Å². The molecule has 0 bridgehead atoms. The van der Waals surface area contributed by atoms with E-state index in [-0.39, 0.29) is 36.5 Å². The molecule has 1 N–H and O–H groups in total. The first kappa shape index (κ1) is 21.4. The van der Waals surface area contributed by atoms with Crippen LogP contribution in [0.25, 0.3) is 0 Å². The lowest BCUT2D eigenvalue weighted by atomic mass is 9.95. The summed E-state index contributed by atoms with van der Waals surface area (Å²) in [6.45, 7) is 6.62. The van der Waals surface area contributed by atoms with Gasteiger partial charge in [0.05, 0.1) is 24.6 Å². The summed E-state index contributed by atoms with van der Waals surface area (Å²) in [5, 5.41) is 18.0. The van der Waals surface area contributed by atoms with Crippen LogP contribution in [0.5, 0.6) is 5.88 Å². The highest BCUT2D eigenvalue weighted by Crippen LogP contribution is 2.25. The van der Waals surface area contributed by atoms with Crippen LogP contribution in [0, 0.1) is 10.1 Å². The summed E-state index contributed by atoms with van der Waals surface area (Å²) in [4.78, 5) is 22.8. The lowest BCUT2D eigenvalue weighted by Crippen LogP contribution is -2.29. The Balaban J connectivity index is 1.96. The summed E-state index contributed by atoms with van der Waals surface area (Å²) in [5.41, 5.74) is 2.15. The van der Waals surface area contributed by atoms with Gasteiger partial charge in [-0.25, -0.2) is 0 Å². The third-order valence-corrected chi connectivity index (χ3v) is 4.93. The third-order valence-electron chi connectivity index (χ3n) is 4.93. The predicted molar refractivity (Wildman–Crippen MR) is 106 cm³/mol. The first-order valence-electron chi connectivity index (χ1n) is 9.54. The maximum absolute atomic E-state index is 12.4. The second-order valence-corrected chi connectivity index (χ2v) is 6.80. The van der Waals surface area contributed by atoms with E-state index in [0.29, 0.717) is 5.92 Å². The molecule has 28 heavy (non-hydrogen) atoms. The average molecular weight is 388 g/mol. The number of amides is 1. The summed E-state index contributed by atoms with van der Waals surface area (Å²) < 4.78 is 6.25. The van der Waals surface area contributed by atoms with E-state index in [0.717, 1.165) is 18.4 Å². The van der Waals surface area contributed by atoms with Crippen LogP contribution in [0.3, 0.4) is 0 Å². The van der Waals surface area contributed by atoms with Gasteiger partial charge in [0.1, 0.15) is 6.20 Å². The Kier molecular flexibility index (Phi) is 7.54. The van der Waals surface area contributed by atoms with Gasteiger partial charge >= 0.3 is 11.6 Å². The molecule has 0 aliphatic rings. The fourth-order valence-electron chi connectivity index (χ4n) is 2.97. The number of carbonyl (C=O) groups is 1. The van der Waals surface area contributed by atoms with Crippen LogP contribution < -0.4 is 10.1 Å². The number of nitrogens with zero attached hydrogens (tertiary/aromatic N) is 3. The Morgan fingerprint density at radius 3 is 2.39 bits per heavy atom. The molecule has 0 saturated carbocycles. The van der Waals surface area contributed by atoms with Gasteiger partial charge in [0, 0.05) is 6.42 Å². The summed E-state index contributed by atoms with van der Waals surface area (Å²) in [6, 6.07) is 8.30.